The van der Waals surface area contributed by atoms with Gasteiger partial charge in [-0.25, -0.2) is 14.6 Å². The monoisotopic (exact) mass is 730 g/mol. The zero-order chi connectivity index (χ0) is 26.0. The largest absolute Gasteiger partial charge is 0.480 e. The molecule has 2 aromatic carbocycles. The lowest BCUT2D eigenvalue weighted by molar-refractivity contribution is -0.139. The van der Waals surface area contributed by atoms with Crippen molar-refractivity contribution in [3.05, 3.63) is 91.7 Å². The first kappa shape index (κ1) is 26.5. The molecule has 1 atom stereocenters. The van der Waals surface area contributed by atoms with Gasteiger partial charge in [-0.3, -0.25) is 9.36 Å². The van der Waals surface area contributed by atoms with Gasteiger partial charge < -0.3 is 14.6 Å². The van der Waals surface area contributed by atoms with Gasteiger partial charge >= 0.3 is 11.9 Å². The molecule has 11 heteroatoms. The summed E-state index contributed by atoms with van der Waals surface area (Å²) in [6, 6.07) is 12.4. The van der Waals surface area contributed by atoms with E-state index in [0.717, 1.165) is 18.3 Å². The van der Waals surface area contributed by atoms with Gasteiger partial charge in [-0.15, -0.1) is 0 Å². The molecule has 0 spiro atoms. The highest BCUT2D eigenvalue weighted by atomic mass is 127. The summed E-state index contributed by atoms with van der Waals surface area (Å²) < 4.78 is 13.9. The number of benzene rings is 2. The number of fused-ring (bicyclic) bond motifs is 1. The van der Waals surface area contributed by atoms with Crippen molar-refractivity contribution < 1.29 is 24.2 Å². The maximum Gasteiger partial charge on any atom is 0.341 e. The second-order valence-corrected chi connectivity index (χ2v) is 11.0. The number of halogens is 2. The molecule has 0 radical (unpaired) electrons. The highest BCUT2D eigenvalue weighted by Crippen LogP contribution is 2.32. The average molecular weight is 730 g/mol. The van der Waals surface area contributed by atoms with Crippen LogP contribution in [0.3, 0.4) is 0 Å². The number of nitrogens with zero attached hydrogens (tertiary/aromatic N) is 2. The van der Waals surface area contributed by atoms with E-state index in [-0.39, 0.29) is 5.56 Å². The highest BCUT2D eigenvalue weighted by molar-refractivity contribution is 14.1. The minimum absolute atomic E-state index is 0.264. The third kappa shape index (κ3) is 5.27. The molecule has 3 aromatic rings. The van der Waals surface area contributed by atoms with E-state index in [2.05, 4.69) is 50.2 Å². The number of aromatic nitrogens is 1. The molecule has 0 fully saturated rings. The fourth-order valence-corrected chi connectivity index (χ4v) is 7.05. The van der Waals surface area contributed by atoms with Crippen molar-refractivity contribution in [3.63, 3.8) is 0 Å². The fourth-order valence-electron chi connectivity index (χ4n) is 3.90. The summed E-state index contributed by atoms with van der Waals surface area (Å²) in [5.74, 6) is -1.09. The molecule has 1 aliphatic heterocycles. The molecule has 8 nitrogen and oxygen atoms in total. The van der Waals surface area contributed by atoms with Crippen LogP contribution in [0, 0.1) is 7.14 Å². The van der Waals surface area contributed by atoms with Crippen molar-refractivity contribution in [2.45, 2.75) is 19.4 Å². The van der Waals surface area contributed by atoms with E-state index in [4.69, 9.17) is 14.6 Å². The second-order valence-electron chi connectivity index (χ2n) is 7.69. The Balaban J connectivity index is 1.89. The van der Waals surface area contributed by atoms with E-state index in [9.17, 15) is 14.4 Å². The fraction of sp³-hybridized carbons (Fsp3) is 0.200. The zero-order valence-electron chi connectivity index (χ0n) is 19.2. The molecule has 1 N–H and O–H groups in total. The molecular weight excluding hydrogens is 710 g/mol. The Bertz CT molecular complexity index is 1540. The molecule has 36 heavy (non-hydrogen) atoms. The maximum absolute atomic E-state index is 13.7. The van der Waals surface area contributed by atoms with Gasteiger partial charge in [-0.2, -0.15) is 0 Å². The zero-order valence-corrected chi connectivity index (χ0v) is 24.3. The lowest BCUT2D eigenvalue weighted by Crippen LogP contribution is -2.40. The number of carboxylic acid groups (broad SMARTS) is 1. The number of methoxy groups -OCH3 is 1. The Morgan fingerprint density at radius 1 is 1.19 bits per heavy atom. The van der Waals surface area contributed by atoms with Crippen LogP contribution in [0.25, 0.3) is 6.08 Å². The van der Waals surface area contributed by atoms with Gasteiger partial charge in [-0.1, -0.05) is 48.6 Å². The molecule has 0 bridgehead atoms. The molecule has 186 valence electrons. The summed E-state index contributed by atoms with van der Waals surface area (Å²) in [5, 5.41) is 8.91. The van der Waals surface area contributed by atoms with E-state index in [1.54, 1.807) is 10.6 Å². The Hall–Kier alpha value is -2.52. The number of ether oxygens (including phenoxy) is 2. The predicted octanol–water partition coefficient (Wildman–Crippen LogP) is 3.47. The topological polar surface area (TPSA) is 107 Å². The number of hydrogen-bond acceptors (Lipinski definition) is 7. The molecule has 0 saturated carbocycles. The Labute approximate surface area is 237 Å². The van der Waals surface area contributed by atoms with Gasteiger partial charge in [0.1, 0.15) is 5.75 Å². The number of carbonyl (C=O) groups is 2. The van der Waals surface area contributed by atoms with Crippen LogP contribution in [0.2, 0.25) is 0 Å². The predicted molar refractivity (Wildman–Crippen MR) is 152 cm³/mol. The highest BCUT2D eigenvalue weighted by Gasteiger charge is 2.33. The van der Waals surface area contributed by atoms with E-state index >= 15 is 0 Å². The number of thiazole rings is 1. The van der Waals surface area contributed by atoms with Crippen molar-refractivity contribution in [1.29, 1.82) is 0 Å². The summed E-state index contributed by atoms with van der Waals surface area (Å²) in [7, 11) is 1.32. The summed E-state index contributed by atoms with van der Waals surface area (Å²) in [5.41, 5.74) is 2.23. The Morgan fingerprint density at radius 3 is 2.44 bits per heavy atom. The van der Waals surface area contributed by atoms with E-state index in [0.29, 0.717) is 32.8 Å². The van der Waals surface area contributed by atoms with Crippen LogP contribution in [0.4, 0.5) is 0 Å². The minimum Gasteiger partial charge on any atom is -0.480 e. The minimum atomic E-state index is -1.06. The van der Waals surface area contributed by atoms with Gasteiger partial charge in [0.05, 0.1) is 36.1 Å². The number of allylic oxidation sites excluding steroid dienone is 1. The summed E-state index contributed by atoms with van der Waals surface area (Å²) in [4.78, 5) is 42.6. The SMILES string of the molecule is CCC1=C(C(=O)OC)[C@@H](c2ccccc2)n2c(s/c(=C\c3cc(I)c(OCC(=O)O)c(I)c3)c2=O)=N1. The third-order valence-corrected chi connectivity index (χ3v) is 8.01. The van der Waals surface area contributed by atoms with Crippen molar-refractivity contribution in [3.8, 4) is 5.75 Å². The van der Waals surface area contributed by atoms with Gasteiger partial charge in [0.2, 0.25) is 0 Å². The number of carboxylic acids is 1. The molecule has 4 rings (SSSR count). The van der Waals surface area contributed by atoms with Crippen LogP contribution < -0.4 is 19.6 Å². The second kappa shape index (κ2) is 11.3. The van der Waals surface area contributed by atoms with Crippen LogP contribution >= 0.6 is 56.5 Å². The molecule has 0 aliphatic carbocycles. The van der Waals surface area contributed by atoms with E-state index < -0.39 is 24.6 Å². The van der Waals surface area contributed by atoms with Gasteiger partial charge in [0, 0.05) is 0 Å². The number of rotatable bonds is 7. The van der Waals surface area contributed by atoms with Crippen molar-refractivity contribution >= 4 is 74.5 Å². The molecule has 1 aromatic heterocycles. The number of aliphatic carboxylic acids is 1. The van der Waals surface area contributed by atoms with Crippen molar-refractivity contribution in [2.75, 3.05) is 13.7 Å². The van der Waals surface area contributed by atoms with E-state index in [1.807, 2.05) is 49.4 Å². The van der Waals surface area contributed by atoms with Crippen LogP contribution in [0.1, 0.15) is 30.5 Å². The van der Waals surface area contributed by atoms with Crippen LogP contribution in [0.5, 0.6) is 5.75 Å². The Kier molecular flexibility index (Phi) is 8.30. The summed E-state index contributed by atoms with van der Waals surface area (Å²) in [6.07, 6.45) is 2.28. The number of hydrogen-bond donors (Lipinski definition) is 1. The first-order valence-corrected chi connectivity index (χ1v) is 13.7. The normalized spacial score (nSPS) is 15.3. The van der Waals surface area contributed by atoms with Crippen molar-refractivity contribution in [2.24, 2.45) is 4.99 Å². The molecule has 1 aliphatic rings. The molecule has 0 saturated heterocycles. The quantitative estimate of drug-likeness (QED) is 0.295. The Morgan fingerprint density at radius 2 is 1.86 bits per heavy atom. The van der Waals surface area contributed by atoms with Gasteiger partial charge in [0.25, 0.3) is 5.56 Å². The van der Waals surface area contributed by atoms with E-state index in [1.165, 1.54) is 18.4 Å². The van der Waals surface area contributed by atoms with Crippen LogP contribution in [0.15, 0.2) is 63.5 Å². The van der Waals surface area contributed by atoms with Crippen LogP contribution in [-0.2, 0) is 14.3 Å². The molecule has 0 amide bonds. The average Bonchev–Trinajstić information content (AvgIpc) is 3.16. The maximum atomic E-state index is 13.7. The first-order valence-electron chi connectivity index (χ1n) is 10.8. The summed E-state index contributed by atoms with van der Waals surface area (Å²) in [6.45, 7) is 1.47. The first-order chi connectivity index (χ1) is 17.2. The molecule has 2 heterocycles. The summed E-state index contributed by atoms with van der Waals surface area (Å²) >= 11 is 5.41. The third-order valence-electron chi connectivity index (χ3n) is 5.42. The van der Waals surface area contributed by atoms with Crippen molar-refractivity contribution in [1.82, 2.24) is 4.57 Å². The number of carbonyl (C=O) groups excluding carboxylic acids is 1. The smallest absolute Gasteiger partial charge is 0.341 e. The number of esters is 1. The molecule has 0 unspecified atom stereocenters. The van der Waals surface area contributed by atoms with Crippen LogP contribution in [-0.4, -0.2) is 35.3 Å². The standard InChI is InChI=1S/C25H20I2N2O6S/c1-3-17-20(24(33)34-2)21(14-7-5-4-6-8-14)29-23(32)18(36-25(29)28-17)11-13-9-15(26)22(16(27)10-13)35-12-19(30)31/h4-11,21H,3,12H2,1-2H3,(H,30,31)/b18-11-/t21-/m1/s1. The van der Waals surface area contributed by atoms with Gasteiger partial charge in [0.15, 0.2) is 11.4 Å². The lowest BCUT2D eigenvalue weighted by Gasteiger charge is -2.25. The molecular formula is C25H20I2N2O6S. The lowest BCUT2D eigenvalue weighted by atomic mass is 9.95. The van der Waals surface area contributed by atoms with Gasteiger partial charge in [-0.05, 0) is 80.9 Å².